The molecule has 0 aromatic rings. The van der Waals surface area contributed by atoms with Crippen LogP contribution in [0.1, 0.15) is 33.6 Å². The minimum atomic E-state index is -3.90. The Morgan fingerprint density at radius 2 is 2.00 bits per heavy atom. The second-order valence-corrected chi connectivity index (χ2v) is 6.10. The molecule has 17 heavy (non-hydrogen) atoms. The summed E-state index contributed by atoms with van der Waals surface area (Å²) in [5.74, 6) is -1.18. The molecular weight excluding hydrogens is 244 g/mol. The molecule has 0 aliphatic carbocycles. The standard InChI is InChI=1S/C10H18N2O4S/c1-4-8(6-11)17(15,16)12-9(10(13)14)5-7(2)3/h7-9,12H,4-5H2,1-3H3,(H,13,14). The molecule has 0 saturated heterocycles. The molecular formula is C10H18N2O4S. The Morgan fingerprint density at radius 3 is 2.29 bits per heavy atom. The lowest BCUT2D eigenvalue weighted by molar-refractivity contribution is -0.139. The predicted molar refractivity (Wildman–Crippen MR) is 62.6 cm³/mol. The maximum absolute atomic E-state index is 11.7. The van der Waals surface area contributed by atoms with Crippen LogP contribution in [-0.2, 0) is 14.8 Å². The van der Waals surface area contributed by atoms with Gasteiger partial charge < -0.3 is 5.11 Å². The Bertz CT molecular complexity index is 397. The number of rotatable bonds is 7. The zero-order chi connectivity index (χ0) is 13.6. The summed E-state index contributed by atoms with van der Waals surface area (Å²) < 4.78 is 25.5. The van der Waals surface area contributed by atoms with Crippen LogP contribution in [0.25, 0.3) is 0 Å². The van der Waals surface area contributed by atoms with Gasteiger partial charge in [-0.1, -0.05) is 20.8 Å². The third kappa shape index (κ3) is 5.15. The van der Waals surface area contributed by atoms with Crippen molar-refractivity contribution in [1.29, 1.82) is 5.26 Å². The molecule has 0 bridgehead atoms. The van der Waals surface area contributed by atoms with Crippen LogP contribution in [-0.4, -0.2) is 30.8 Å². The molecule has 7 heteroatoms. The summed E-state index contributed by atoms with van der Waals surface area (Å²) in [6, 6.07) is 0.468. The average molecular weight is 262 g/mol. The van der Waals surface area contributed by atoms with Gasteiger partial charge in [0, 0.05) is 0 Å². The summed E-state index contributed by atoms with van der Waals surface area (Å²) in [5, 5.41) is 16.4. The van der Waals surface area contributed by atoms with Gasteiger partial charge in [0.15, 0.2) is 5.25 Å². The smallest absolute Gasteiger partial charge is 0.321 e. The van der Waals surface area contributed by atoms with Crippen molar-refractivity contribution in [2.24, 2.45) is 5.92 Å². The van der Waals surface area contributed by atoms with Gasteiger partial charge >= 0.3 is 5.97 Å². The molecule has 0 radical (unpaired) electrons. The molecule has 0 rings (SSSR count). The molecule has 0 fully saturated rings. The highest BCUT2D eigenvalue weighted by Crippen LogP contribution is 2.09. The summed E-state index contributed by atoms with van der Waals surface area (Å²) >= 11 is 0. The van der Waals surface area contributed by atoms with Crippen LogP contribution in [0.2, 0.25) is 0 Å². The Labute approximate surface area is 102 Å². The fourth-order valence-corrected chi connectivity index (χ4v) is 2.67. The van der Waals surface area contributed by atoms with Crippen molar-refractivity contribution in [3.63, 3.8) is 0 Å². The number of carboxylic acids is 1. The summed E-state index contributed by atoms with van der Waals surface area (Å²) in [6.45, 7) is 5.16. The van der Waals surface area contributed by atoms with Gasteiger partial charge in [-0.05, 0) is 18.8 Å². The molecule has 0 aromatic carbocycles. The van der Waals surface area contributed by atoms with E-state index in [0.717, 1.165) is 0 Å². The SMILES string of the molecule is CCC(C#N)S(=O)(=O)NC(CC(C)C)C(=O)O. The lowest BCUT2D eigenvalue weighted by Gasteiger charge is -2.18. The molecule has 0 spiro atoms. The van der Waals surface area contributed by atoms with Crippen molar-refractivity contribution in [1.82, 2.24) is 4.72 Å². The first-order chi connectivity index (χ1) is 7.74. The van der Waals surface area contributed by atoms with E-state index in [1.807, 2.05) is 0 Å². The largest absolute Gasteiger partial charge is 0.480 e. The van der Waals surface area contributed by atoms with Crippen LogP contribution in [0.5, 0.6) is 0 Å². The first-order valence-electron chi connectivity index (χ1n) is 5.38. The van der Waals surface area contributed by atoms with Gasteiger partial charge in [0.25, 0.3) is 0 Å². The van der Waals surface area contributed by atoms with Crippen molar-refractivity contribution in [2.75, 3.05) is 0 Å². The van der Waals surface area contributed by atoms with Crippen LogP contribution in [0.15, 0.2) is 0 Å². The molecule has 0 aliphatic rings. The second-order valence-electron chi connectivity index (χ2n) is 4.21. The summed E-state index contributed by atoms with van der Waals surface area (Å²) in [4.78, 5) is 10.9. The third-order valence-corrected chi connectivity index (χ3v) is 4.00. The van der Waals surface area contributed by atoms with E-state index in [1.54, 1.807) is 26.8 Å². The minimum absolute atomic E-state index is 0.0426. The Hall–Kier alpha value is -1.13. The van der Waals surface area contributed by atoms with Gasteiger partial charge in [0.1, 0.15) is 6.04 Å². The van der Waals surface area contributed by atoms with Crippen molar-refractivity contribution in [3.05, 3.63) is 0 Å². The van der Waals surface area contributed by atoms with Gasteiger partial charge in [0.05, 0.1) is 6.07 Å². The van der Waals surface area contributed by atoms with E-state index < -0.39 is 27.3 Å². The molecule has 0 saturated carbocycles. The van der Waals surface area contributed by atoms with Gasteiger partial charge in [-0.2, -0.15) is 9.98 Å². The van der Waals surface area contributed by atoms with E-state index in [2.05, 4.69) is 4.72 Å². The van der Waals surface area contributed by atoms with Crippen molar-refractivity contribution in [2.45, 2.75) is 44.9 Å². The predicted octanol–water partition coefficient (Wildman–Crippen LogP) is 0.707. The van der Waals surface area contributed by atoms with E-state index in [-0.39, 0.29) is 18.8 Å². The summed E-state index contributed by atoms with van der Waals surface area (Å²) in [5.41, 5.74) is 0. The quantitative estimate of drug-likeness (QED) is 0.702. The molecule has 6 nitrogen and oxygen atoms in total. The topological polar surface area (TPSA) is 107 Å². The number of nitrogens with zero attached hydrogens (tertiary/aromatic N) is 1. The first-order valence-corrected chi connectivity index (χ1v) is 6.92. The number of nitriles is 1. The van der Waals surface area contributed by atoms with Crippen molar-refractivity contribution < 1.29 is 18.3 Å². The third-order valence-electron chi connectivity index (χ3n) is 2.20. The summed E-state index contributed by atoms with van der Waals surface area (Å²) in [6.07, 6.45) is 0.316. The van der Waals surface area contributed by atoms with Gasteiger partial charge in [-0.3, -0.25) is 4.79 Å². The van der Waals surface area contributed by atoms with Crippen LogP contribution in [0, 0.1) is 17.2 Å². The Kier molecular flexibility index (Phi) is 6.13. The number of hydrogen-bond acceptors (Lipinski definition) is 4. The maximum atomic E-state index is 11.7. The molecule has 2 unspecified atom stereocenters. The van der Waals surface area contributed by atoms with Gasteiger partial charge in [0.2, 0.25) is 10.0 Å². The Balaban J connectivity index is 4.88. The number of hydrogen-bond donors (Lipinski definition) is 2. The minimum Gasteiger partial charge on any atom is -0.480 e. The van der Waals surface area contributed by atoms with Gasteiger partial charge in [-0.25, -0.2) is 8.42 Å². The van der Waals surface area contributed by atoms with E-state index in [9.17, 15) is 13.2 Å². The van der Waals surface area contributed by atoms with Crippen LogP contribution >= 0.6 is 0 Å². The number of nitrogens with one attached hydrogen (secondary N) is 1. The van der Waals surface area contributed by atoms with Crippen molar-refractivity contribution in [3.8, 4) is 6.07 Å². The van der Waals surface area contributed by atoms with E-state index in [4.69, 9.17) is 10.4 Å². The lowest BCUT2D eigenvalue weighted by atomic mass is 10.1. The number of sulfonamides is 1. The zero-order valence-electron chi connectivity index (χ0n) is 10.2. The molecule has 98 valence electrons. The number of aliphatic carboxylic acids is 1. The summed E-state index contributed by atoms with van der Waals surface area (Å²) in [7, 11) is -3.90. The molecule has 2 N–H and O–H groups in total. The second kappa shape index (κ2) is 6.57. The van der Waals surface area contributed by atoms with Gasteiger partial charge in [-0.15, -0.1) is 0 Å². The van der Waals surface area contributed by atoms with Crippen LogP contribution in [0.4, 0.5) is 0 Å². The zero-order valence-corrected chi connectivity index (χ0v) is 11.0. The average Bonchev–Trinajstić information content (AvgIpc) is 2.16. The first kappa shape index (κ1) is 15.9. The lowest BCUT2D eigenvalue weighted by Crippen LogP contribution is -2.45. The van der Waals surface area contributed by atoms with Crippen LogP contribution < -0.4 is 4.72 Å². The van der Waals surface area contributed by atoms with E-state index in [1.165, 1.54) is 0 Å². The van der Waals surface area contributed by atoms with Crippen molar-refractivity contribution >= 4 is 16.0 Å². The normalized spacial score (nSPS) is 15.2. The maximum Gasteiger partial charge on any atom is 0.321 e. The highest BCUT2D eigenvalue weighted by atomic mass is 32.2. The molecule has 0 aromatic heterocycles. The molecule has 0 aliphatic heterocycles. The Morgan fingerprint density at radius 1 is 1.47 bits per heavy atom. The molecule has 0 heterocycles. The van der Waals surface area contributed by atoms with E-state index in [0.29, 0.717) is 0 Å². The number of carboxylic acid groups (broad SMARTS) is 1. The van der Waals surface area contributed by atoms with E-state index >= 15 is 0 Å². The molecule has 2 atom stereocenters. The monoisotopic (exact) mass is 262 g/mol. The fraction of sp³-hybridized carbons (Fsp3) is 0.800. The fourth-order valence-electron chi connectivity index (χ4n) is 1.33. The van der Waals surface area contributed by atoms with Crippen LogP contribution in [0.3, 0.4) is 0 Å². The number of carbonyl (C=O) groups is 1. The highest BCUT2D eigenvalue weighted by Gasteiger charge is 2.30. The molecule has 0 amide bonds. The highest BCUT2D eigenvalue weighted by molar-refractivity contribution is 7.90.